The molecule has 4 nitrogen and oxygen atoms in total. The minimum absolute atomic E-state index is 0.0741. The van der Waals surface area contributed by atoms with Crippen LogP contribution in [0.4, 0.5) is 15.2 Å². The number of hydrogen-bond acceptors (Lipinski definition) is 4. The predicted molar refractivity (Wildman–Crippen MR) is 75.4 cm³/mol. The number of carbonyl (C=O) groups is 1. The predicted octanol–water partition coefficient (Wildman–Crippen LogP) is 3.01. The average Bonchev–Trinajstić information content (AvgIpc) is 2.87. The first-order valence-electron chi connectivity index (χ1n) is 5.42. The summed E-state index contributed by atoms with van der Waals surface area (Å²) in [4.78, 5) is 17.6. The van der Waals surface area contributed by atoms with E-state index < -0.39 is 5.82 Å². The molecule has 19 heavy (non-hydrogen) atoms. The lowest BCUT2D eigenvalue weighted by atomic mass is 10.3. The molecule has 0 fully saturated rings. The van der Waals surface area contributed by atoms with Crippen LogP contribution in [-0.2, 0) is 4.79 Å². The lowest BCUT2D eigenvalue weighted by molar-refractivity contribution is -0.114. The van der Waals surface area contributed by atoms with Gasteiger partial charge < -0.3 is 10.2 Å². The third-order valence-electron chi connectivity index (χ3n) is 2.33. The van der Waals surface area contributed by atoms with Crippen molar-refractivity contribution in [3.8, 4) is 0 Å². The Morgan fingerprint density at radius 1 is 1.58 bits per heavy atom. The topological polar surface area (TPSA) is 45.2 Å². The van der Waals surface area contributed by atoms with Crippen molar-refractivity contribution < 1.29 is 9.18 Å². The van der Waals surface area contributed by atoms with Crippen LogP contribution in [0, 0.1) is 5.82 Å². The summed E-state index contributed by atoms with van der Waals surface area (Å²) in [7, 11) is 1.74. The van der Waals surface area contributed by atoms with Gasteiger partial charge in [-0.1, -0.05) is 11.6 Å². The molecule has 0 saturated carbocycles. The fourth-order valence-corrected chi connectivity index (χ4v) is 2.25. The van der Waals surface area contributed by atoms with Crippen molar-refractivity contribution in [3.63, 3.8) is 0 Å². The van der Waals surface area contributed by atoms with Crippen LogP contribution >= 0.6 is 22.9 Å². The lowest BCUT2D eigenvalue weighted by Gasteiger charge is -2.15. The molecule has 1 aromatic carbocycles. The van der Waals surface area contributed by atoms with E-state index >= 15 is 0 Å². The second-order valence-corrected chi connectivity index (χ2v) is 5.15. The van der Waals surface area contributed by atoms with Crippen LogP contribution in [-0.4, -0.2) is 24.5 Å². The normalized spacial score (nSPS) is 10.3. The Morgan fingerprint density at radius 3 is 3.05 bits per heavy atom. The first kappa shape index (κ1) is 13.8. The molecular formula is C12H11ClFN3OS. The smallest absolute Gasteiger partial charge is 0.244 e. The van der Waals surface area contributed by atoms with Crippen molar-refractivity contribution in [1.29, 1.82) is 0 Å². The highest BCUT2D eigenvalue weighted by Crippen LogP contribution is 2.20. The maximum Gasteiger partial charge on any atom is 0.244 e. The molecule has 0 atom stereocenters. The highest BCUT2D eigenvalue weighted by atomic mass is 35.5. The van der Waals surface area contributed by atoms with E-state index in [1.54, 1.807) is 18.1 Å². The Kier molecular flexibility index (Phi) is 4.34. The number of thiazole rings is 1. The highest BCUT2D eigenvalue weighted by Gasteiger charge is 2.11. The molecule has 0 aliphatic rings. The molecule has 0 unspecified atom stereocenters. The number of aromatic nitrogens is 1. The van der Waals surface area contributed by atoms with Crippen molar-refractivity contribution in [3.05, 3.63) is 40.6 Å². The van der Waals surface area contributed by atoms with Gasteiger partial charge in [-0.05, 0) is 18.2 Å². The quantitative estimate of drug-likeness (QED) is 0.944. The van der Waals surface area contributed by atoms with E-state index in [9.17, 15) is 9.18 Å². The number of nitrogens with zero attached hydrogens (tertiary/aromatic N) is 2. The third-order valence-corrected chi connectivity index (χ3v) is 3.45. The molecule has 1 heterocycles. The number of rotatable bonds is 4. The molecule has 1 aromatic heterocycles. The van der Waals surface area contributed by atoms with E-state index in [1.807, 2.05) is 5.38 Å². The van der Waals surface area contributed by atoms with Gasteiger partial charge in [-0.2, -0.15) is 0 Å². The first-order chi connectivity index (χ1) is 9.06. The Hall–Kier alpha value is -1.66. The molecular weight excluding hydrogens is 289 g/mol. The van der Waals surface area contributed by atoms with E-state index in [2.05, 4.69) is 10.3 Å². The van der Waals surface area contributed by atoms with Crippen molar-refractivity contribution in [2.45, 2.75) is 0 Å². The number of carbonyl (C=O) groups excluding carboxylic acids is 1. The molecule has 0 aliphatic heterocycles. The van der Waals surface area contributed by atoms with Crippen molar-refractivity contribution in [2.75, 3.05) is 23.8 Å². The molecule has 1 N–H and O–H groups in total. The number of likely N-dealkylation sites (N-methyl/N-ethyl adjacent to an activating group) is 1. The minimum Gasteiger partial charge on any atom is -0.342 e. The van der Waals surface area contributed by atoms with E-state index in [0.29, 0.717) is 5.02 Å². The molecule has 0 saturated heterocycles. The summed E-state index contributed by atoms with van der Waals surface area (Å²) in [6.45, 7) is 0.0828. The Bertz CT molecular complexity index is 576. The van der Waals surface area contributed by atoms with E-state index in [1.165, 1.54) is 29.5 Å². The number of benzene rings is 1. The fraction of sp³-hybridized carbons (Fsp3) is 0.167. The van der Waals surface area contributed by atoms with Gasteiger partial charge in [0.2, 0.25) is 5.91 Å². The Morgan fingerprint density at radius 2 is 2.37 bits per heavy atom. The van der Waals surface area contributed by atoms with Crippen LogP contribution in [0.25, 0.3) is 0 Å². The van der Waals surface area contributed by atoms with Crippen LogP contribution in [0.15, 0.2) is 29.8 Å². The maximum atomic E-state index is 13.4. The Labute approximate surface area is 118 Å². The summed E-state index contributed by atoms with van der Waals surface area (Å²) in [5.74, 6) is -0.853. The van der Waals surface area contributed by atoms with Gasteiger partial charge in [0.15, 0.2) is 5.13 Å². The van der Waals surface area contributed by atoms with E-state index in [-0.39, 0.29) is 18.1 Å². The number of anilines is 2. The number of hydrogen-bond donors (Lipinski definition) is 1. The van der Waals surface area contributed by atoms with Gasteiger partial charge in [0.25, 0.3) is 0 Å². The zero-order valence-corrected chi connectivity index (χ0v) is 11.6. The molecule has 100 valence electrons. The monoisotopic (exact) mass is 299 g/mol. The summed E-state index contributed by atoms with van der Waals surface area (Å²) >= 11 is 7.18. The second-order valence-electron chi connectivity index (χ2n) is 3.84. The third kappa shape index (κ3) is 3.65. The van der Waals surface area contributed by atoms with Crippen LogP contribution in [0.2, 0.25) is 5.02 Å². The molecule has 0 spiro atoms. The van der Waals surface area contributed by atoms with Gasteiger partial charge in [0.1, 0.15) is 5.82 Å². The largest absolute Gasteiger partial charge is 0.342 e. The van der Waals surface area contributed by atoms with Crippen LogP contribution < -0.4 is 10.2 Å². The second kappa shape index (κ2) is 5.99. The maximum absolute atomic E-state index is 13.4. The number of amides is 1. The SMILES string of the molecule is CN(CC(=O)Nc1cc(Cl)ccc1F)c1nccs1. The standard InChI is InChI=1S/C12H11ClFN3OS/c1-17(12-15-4-5-19-12)7-11(18)16-10-6-8(13)2-3-9(10)14/h2-6H,7H2,1H3,(H,16,18). The fourth-order valence-electron chi connectivity index (χ4n) is 1.47. The number of halogens is 2. The van der Waals surface area contributed by atoms with Crippen LogP contribution in [0.3, 0.4) is 0 Å². The van der Waals surface area contributed by atoms with Gasteiger partial charge >= 0.3 is 0 Å². The first-order valence-corrected chi connectivity index (χ1v) is 6.67. The summed E-state index contributed by atoms with van der Waals surface area (Å²) < 4.78 is 13.4. The van der Waals surface area contributed by atoms with Crippen molar-refractivity contribution >= 4 is 39.7 Å². The van der Waals surface area contributed by atoms with E-state index in [0.717, 1.165) is 5.13 Å². The average molecular weight is 300 g/mol. The molecule has 2 rings (SSSR count). The lowest BCUT2D eigenvalue weighted by Crippen LogP contribution is -2.30. The summed E-state index contributed by atoms with van der Waals surface area (Å²) in [6, 6.07) is 4.01. The van der Waals surface area contributed by atoms with Gasteiger partial charge in [-0.15, -0.1) is 11.3 Å². The van der Waals surface area contributed by atoms with E-state index in [4.69, 9.17) is 11.6 Å². The molecule has 7 heteroatoms. The zero-order valence-electron chi connectivity index (χ0n) is 10.1. The summed E-state index contributed by atoms with van der Waals surface area (Å²) in [5.41, 5.74) is 0.0741. The minimum atomic E-state index is -0.519. The molecule has 0 radical (unpaired) electrons. The molecule has 1 amide bonds. The van der Waals surface area contributed by atoms with Gasteiger partial charge in [0, 0.05) is 23.6 Å². The van der Waals surface area contributed by atoms with Gasteiger partial charge in [-0.3, -0.25) is 4.79 Å². The van der Waals surface area contributed by atoms with Crippen LogP contribution in [0.5, 0.6) is 0 Å². The highest BCUT2D eigenvalue weighted by molar-refractivity contribution is 7.13. The molecule has 2 aromatic rings. The van der Waals surface area contributed by atoms with Gasteiger partial charge in [0.05, 0.1) is 12.2 Å². The Balaban J connectivity index is 1.99. The summed E-state index contributed by atoms with van der Waals surface area (Å²) in [6.07, 6.45) is 1.66. The zero-order chi connectivity index (χ0) is 13.8. The molecule has 0 aliphatic carbocycles. The van der Waals surface area contributed by atoms with Crippen molar-refractivity contribution in [1.82, 2.24) is 4.98 Å². The summed E-state index contributed by atoms with van der Waals surface area (Å²) in [5, 5.41) is 5.39. The van der Waals surface area contributed by atoms with Crippen molar-refractivity contribution in [2.24, 2.45) is 0 Å². The van der Waals surface area contributed by atoms with Crippen LogP contribution in [0.1, 0.15) is 0 Å². The molecule has 0 bridgehead atoms. The van der Waals surface area contributed by atoms with Gasteiger partial charge in [-0.25, -0.2) is 9.37 Å². The number of nitrogens with one attached hydrogen (secondary N) is 1.